The molecule has 0 saturated heterocycles. The molecule has 0 aromatic heterocycles. The molecule has 2 heteroatoms. The summed E-state index contributed by atoms with van der Waals surface area (Å²) < 4.78 is 12.9. The summed E-state index contributed by atoms with van der Waals surface area (Å²) in [5.41, 5.74) is 1.22. The van der Waals surface area contributed by atoms with Gasteiger partial charge < -0.3 is 5.32 Å². The van der Waals surface area contributed by atoms with Gasteiger partial charge in [0.15, 0.2) is 0 Å². The SMILES string of the molecule is CCCCC(NC1CC1)c1ccc(F)cc1. The van der Waals surface area contributed by atoms with Gasteiger partial charge in [0, 0.05) is 12.1 Å². The van der Waals surface area contributed by atoms with E-state index in [0.29, 0.717) is 12.1 Å². The first-order chi connectivity index (χ1) is 7.79. The fourth-order valence-electron chi connectivity index (χ4n) is 1.98. The van der Waals surface area contributed by atoms with E-state index in [4.69, 9.17) is 0 Å². The molecular weight excluding hydrogens is 201 g/mol. The summed E-state index contributed by atoms with van der Waals surface area (Å²) in [5, 5.41) is 3.64. The average molecular weight is 221 g/mol. The number of hydrogen-bond acceptors (Lipinski definition) is 1. The molecule has 2 rings (SSSR count). The van der Waals surface area contributed by atoms with Crippen LogP contribution in [-0.2, 0) is 0 Å². The first kappa shape index (κ1) is 11.6. The molecule has 1 aliphatic carbocycles. The van der Waals surface area contributed by atoms with Gasteiger partial charge in [0.25, 0.3) is 0 Å². The molecule has 1 fully saturated rings. The Bertz CT molecular complexity index is 316. The van der Waals surface area contributed by atoms with E-state index in [2.05, 4.69) is 12.2 Å². The Morgan fingerprint density at radius 3 is 2.56 bits per heavy atom. The molecule has 0 spiro atoms. The molecule has 1 N–H and O–H groups in total. The van der Waals surface area contributed by atoms with Gasteiger partial charge >= 0.3 is 0 Å². The third kappa shape index (κ3) is 3.31. The van der Waals surface area contributed by atoms with Gasteiger partial charge in [-0.3, -0.25) is 0 Å². The summed E-state index contributed by atoms with van der Waals surface area (Å²) in [6.07, 6.45) is 6.18. The average Bonchev–Trinajstić information content (AvgIpc) is 3.09. The third-order valence-electron chi connectivity index (χ3n) is 3.13. The highest BCUT2D eigenvalue weighted by molar-refractivity contribution is 5.20. The number of halogens is 1. The largest absolute Gasteiger partial charge is 0.307 e. The third-order valence-corrected chi connectivity index (χ3v) is 3.13. The first-order valence-electron chi connectivity index (χ1n) is 6.31. The molecule has 16 heavy (non-hydrogen) atoms. The van der Waals surface area contributed by atoms with Crippen molar-refractivity contribution in [1.82, 2.24) is 5.32 Å². The van der Waals surface area contributed by atoms with Crippen molar-refractivity contribution in [3.63, 3.8) is 0 Å². The van der Waals surface area contributed by atoms with Crippen molar-refractivity contribution in [3.05, 3.63) is 35.6 Å². The maximum Gasteiger partial charge on any atom is 0.123 e. The first-order valence-corrected chi connectivity index (χ1v) is 6.31. The fraction of sp³-hybridized carbons (Fsp3) is 0.571. The van der Waals surface area contributed by atoms with Crippen LogP contribution in [0.3, 0.4) is 0 Å². The predicted octanol–water partition coefficient (Wildman–Crippen LogP) is 3.81. The molecule has 0 radical (unpaired) electrons. The van der Waals surface area contributed by atoms with Crippen molar-refractivity contribution < 1.29 is 4.39 Å². The summed E-state index contributed by atoms with van der Waals surface area (Å²) in [5.74, 6) is -0.149. The molecular formula is C14H20FN. The molecule has 1 aliphatic rings. The topological polar surface area (TPSA) is 12.0 Å². The number of hydrogen-bond donors (Lipinski definition) is 1. The lowest BCUT2D eigenvalue weighted by molar-refractivity contribution is 0.478. The second kappa shape index (κ2) is 5.44. The fourth-order valence-corrected chi connectivity index (χ4v) is 1.98. The number of nitrogens with one attached hydrogen (secondary N) is 1. The van der Waals surface area contributed by atoms with Gasteiger partial charge in [0.2, 0.25) is 0 Å². The Morgan fingerprint density at radius 2 is 2.00 bits per heavy atom. The van der Waals surface area contributed by atoms with Gasteiger partial charge in [-0.05, 0) is 37.0 Å². The maximum atomic E-state index is 12.9. The van der Waals surface area contributed by atoms with Crippen LogP contribution in [0.1, 0.15) is 50.6 Å². The molecule has 0 bridgehead atoms. The molecule has 1 saturated carbocycles. The second-order valence-electron chi connectivity index (χ2n) is 4.69. The maximum absolute atomic E-state index is 12.9. The van der Waals surface area contributed by atoms with E-state index in [1.807, 2.05) is 12.1 Å². The van der Waals surface area contributed by atoms with Crippen LogP contribution >= 0.6 is 0 Å². The van der Waals surface area contributed by atoms with Crippen molar-refractivity contribution in [2.24, 2.45) is 0 Å². The van der Waals surface area contributed by atoms with Crippen LogP contribution in [0, 0.1) is 5.82 Å². The van der Waals surface area contributed by atoms with Gasteiger partial charge in [-0.1, -0.05) is 31.9 Å². The van der Waals surface area contributed by atoms with Gasteiger partial charge in [-0.2, -0.15) is 0 Å². The summed E-state index contributed by atoms with van der Waals surface area (Å²) in [6, 6.07) is 8.04. The van der Waals surface area contributed by atoms with Crippen molar-refractivity contribution >= 4 is 0 Å². The highest BCUT2D eigenvalue weighted by atomic mass is 19.1. The van der Waals surface area contributed by atoms with Crippen LogP contribution in [0.5, 0.6) is 0 Å². The molecule has 0 amide bonds. The van der Waals surface area contributed by atoms with Crippen molar-refractivity contribution in [2.45, 2.75) is 51.1 Å². The molecule has 1 nitrogen and oxygen atoms in total. The van der Waals surface area contributed by atoms with Gasteiger partial charge in [0.05, 0.1) is 0 Å². The van der Waals surface area contributed by atoms with Gasteiger partial charge in [-0.25, -0.2) is 4.39 Å². The molecule has 88 valence electrons. The molecule has 0 aliphatic heterocycles. The molecule has 1 unspecified atom stereocenters. The van der Waals surface area contributed by atoms with E-state index >= 15 is 0 Å². The minimum atomic E-state index is -0.149. The lowest BCUT2D eigenvalue weighted by Gasteiger charge is -2.18. The summed E-state index contributed by atoms with van der Waals surface area (Å²) >= 11 is 0. The monoisotopic (exact) mass is 221 g/mol. The van der Waals surface area contributed by atoms with Gasteiger partial charge in [0.1, 0.15) is 5.82 Å². The van der Waals surface area contributed by atoms with Crippen molar-refractivity contribution in [1.29, 1.82) is 0 Å². The summed E-state index contributed by atoms with van der Waals surface area (Å²) in [4.78, 5) is 0. The van der Waals surface area contributed by atoms with E-state index in [1.165, 1.54) is 31.2 Å². The van der Waals surface area contributed by atoms with E-state index < -0.39 is 0 Å². The molecule has 1 atom stereocenters. The van der Waals surface area contributed by atoms with Crippen LogP contribution in [0.4, 0.5) is 4.39 Å². The van der Waals surface area contributed by atoms with Gasteiger partial charge in [-0.15, -0.1) is 0 Å². The normalized spacial score (nSPS) is 17.4. The Balaban J connectivity index is 2.00. The van der Waals surface area contributed by atoms with Crippen LogP contribution < -0.4 is 5.32 Å². The number of unbranched alkanes of at least 4 members (excludes halogenated alkanes) is 1. The Labute approximate surface area is 97.1 Å². The Hall–Kier alpha value is -0.890. The lowest BCUT2D eigenvalue weighted by Crippen LogP contribution is -2.23. The van der Waals surface area contributed by atoms with Crippen LogP contribution in [0.2, 0.25) is 0 Å². The van der Waals surface area contributed by atoms with Crippen LogP contribution in [0.15, 0.2) is 24.3 Å². The van der Waals surface area contributed by atoms with Crippen molar-refractivity contribution in [3.8, 4) is 0 Å². The minimum Gasteiger partial charge on any atom is -0.307 e. The van der Waals surface area contributed by atoms with E-state index in [-0.39, 0.29) is 5.82 Å². The number of benzene rings is 1. The Kier molecular flexibility index (Phi) is 3.94. The van der Waals surface area contributed by atoms with Crippen molar-refractivity contribution in [2.75, 3.05) is 0 Å². The summed E-state index contributed by atoms with van der Waals surface area (Å²) in [7, 11) is 0. The standard InChI is InChI=1S/C14H20FN/c1-2-3-4-14(16-13-9-10-13)11-5-7-12(15)8-6-11/h5-8,13-14,16H,2-4,9-10H2,1H3. The number of rotatable bonds is 6. The van der Waals surface area contributed by atoms with E-state index in [9.17, 15) is 4.39 Å². The zero-order valence-corrected chi connectivity index (χ0v) is 9.88. The van der Waals surface area contributed by atoms with E-state index in [1.54, 1.807) is 12.1 Å². The lowest BCUT2D eigenvalue weighted by atomic mass is 10.0. The summed E-state index contributed by atoms with van der Waals surface area (Å²) in [6.45, 7) is 2.21. The smallest absolute Gasteiger partial charge is 0.123 e. The molecule has 0 heterocycles. The second-order valence-corrected chi connectivity index (χ2v) is 4.69. The zero-order chi connectivity index (χ0) is 11.4. The molecule has 1 aromatic carbocycles. The zero-order valence-electron chi connectivity index (χ0n) is 9.88. The highest BCUT2D eigenvalue weighted by Gasteiger charge is 2.24. The predicted molar refractivity (Wildman–Crippen MR) is 64.8 cm³/mol. The van der Waals surface area contributed by atoms with Crippen LogP contribution in [0.25, 0.3) is 0 Å². The minimum absolute atomic E-state index is 0.149. The Morgan fingerprint density at radius 1 is 1.31 bits per heavy atom. The quantitative estimate of drug-likeness (QED) is 0.770. The molecule has 1 aromatic rings. The highest BCUT2D eigenvalue weighted by Crippen LogP contribution is 2.27. The van der Waals surface area contributed by atoms with E-state index in [0.717, 1.165) is 6.42 Å². The van der Waals surface area contributed by atoms with Crippen LogP contribution in [-0.4, -0.2) is 6.04 Å².